The fourth-order valence-corrected chi connectivity index (χ4v) is 4.41. The SMILES string of the molecule is Cc1ccc(C(=O)N2CCO[C@H]3[C@@H](OCC4CC4)CC[C@@H]32)s1. The Bertz CT molecular complexity index is 554. The Morgan fingerprint density at radius 1 is 1.36 bits per heavy atom. The minimum Gasteiger partial charge on any atom is -0.375 e. The highest BCUT2D eigenvalue weighted by Crippen LogP contribution is 2.36. The van der Waals surface area contributed by atoms with Crippen LogP contribution in [-0.2, 0) is 9.47 Å². The molecule has 1 aliphatic heterocycles. The van der Waals surface area contributed by atoms with Crippen molar-refractivity contribution in [1.82, 2.24) is 4.90 Å². The lowest BCUT2D eigenvalue weighted by Crippen LogP contribution is -2.53. The maximum absolute atomic E-state index is 12.8. The minimum atomic E-state index is 0.0671. The predicted molar refractivity (Wildman–Crippen MR) is 85.3 cm³/mol. The van der Waals surface area contributed by atoms with E-state index in [1.807, 2.05) is 24.0 Å². The molecule has 1 saturated heterocycles. The summed E-state index contributed by atoms with van der Waals surface area (Å²) < 4.78 is 12.0. The topological polar surface area (TPSA) is 38.8 Å². The molecule has 3 aliphatic rings. The molecule has 0 N–H and O–H groups in total. The zero-order chi connectivity index (χ0) is 15.1. The molecule has 1 amide bonds. The third-order valence-corrected chi connectivity index (χ3v) is 5.98. The van der Waals surface area contributed by atoms with Crippen LogP contribution < -0.4 is 0 Å². The van der Waals surface area contributed by atoms with E-state index >= 15 is 0 Å². The van der Waals surface area contributed by atoms with E-state index in [9.17, 15) is 4.79 Å². The van der Waals surface area contributed by atoms with Crippen molar-refractivity contribution in [1.29, 1.82) is 0 Å². The number of amides is 1. The molecule has 0 bridgehead atoms. The second-order valence-corrected chi connectivity index (χ2v) is 7.99. The second kappa shape index (κ2) is 5.95. The molecule has 4 nitrogen and oxygen atoms in total. The Balaban J connectivity index is 1.44. The summed E-state index contributed by atoms with van der Waals surface area (Å²) in [6, 6.07) is 4.15. The molecule has 4 rings (SSSR count). The van der Waals surface area contributed by atoms with E-state index in [0.29, 0.717) is 13.2 Å². The largest absolute Gasteiger partial charge is 0.375 e. The normalized spacial score (nSPS) is 31.3. The van der Waals surface area contributed by atoms with Gasteiger partial charge in [-0.15, -0.1) is 11.3 Å². The van der Waals surface area contributed by atoms with Crippen LogP contribution in [0.25, 0.3) is 0 Å². The first-order valence-electron chi connectivity index (χ1n) is 8.33. The monoisotopic (exact) mass is 321 g/mol. The lowest BCUT2D eigenvalue weighted by Gasteiger charge is -2.38. The first kappa shape index (κ1) is 14.7. The van der Waals surface area contributed by atoms with Crippen molar-refractivity contribution < 1.29 is 14.3 Å². The van der Waals surface area contributed by atoms with Crippen LogP contribution in [0.1, 0.15) is 40.2 Å². The molecule has 22 heavy (non-hydrogen) atoms. The molecule has 2 saturated carbocycles. The Morgan fingerprint density at radius 2 is 2.23 bits per heavy atom. The third kappa shape index (κ3) is 2.82. The quantitative estimate of drug-likeness (QED) is 0.856. The molecular weight excluding hydrogens is 298 g/mol. The maximum Gasteiger partial charge on any atom is 0.264 e. The van der Waals surface area contributed by atoms with Crippen LogP contribution in [0.2, 0.25) is 0 Å². The Morgan fingerprint density at radius 3 is 2.95 bits per heavy atom. The minimum absolute atomic E-state index is 0.0671. The van der Waals surface area contributed by atoms with Crippen molar-refractivity contribution >= 4 is 17.2 Å². The predicted octanol–water partition coefficient (Wildman–Crippen LogP) is 2.86. The molecule has 2 heterocycles. The van der Waals surface area contributed by atoms with E-state index < -0.39 is 0 Å². The molecule has 2 aliphatic carbocycles. The van der Waals surface area contributed by atoms with Crippen molar-refractivity contribution in [3.63, 3.8) is 0 Å². The number of hydrogen-bond acceptors (Lipinski definition) is 4. The summed E-state index contributed by atoms with van der Waals surface area (Å²) in [5, 5.41) is 0. The van der Waals surface area contributed by atoms with Gasteiger partial charge in [-0.3, -0.25) is 4.79 Å². The number of aryl methyl sites for hydroxylation is 1. The molecule has 3 atom stereocenters. The highest BCUT2D eigenvalue weighted by molar-refractivity contribution is 7.13. The van der Waals surface area contributed by atoms with Crippen LogP contribution in [0.3, 0.4) is 0 Å². The number of morpholine rings is 1. The number of thiophene rings is 1. The standard InChI is InChI=1S/C17H23NO3S/c1-11-2-7-15(22-11)17(19)18-8-9-20-16-13(18)5-6-14(16)21-10-12-3-4-12/h2,7,12-14,16H,3-6,8-10H2,1H3/t13-,14-,16+/m0/s1. The highest BCUT2D eigenvalue weighted by atomic mass is 32.1. The van der Waals surface area contributed by atoms with Crippen molar-refractivity contribution in [3.8, 4) is 0 Å². The summed E-state index contributed by atoms with van der Waals surface area (Å²) in [6.45, 7) is 4.24. The van der Waals surface area contributed by atoms with Gasteiger partial charge < -0.3 is 14.4 Å². The zero-order valence-corrected chi connectivity index (χ0v) is 13.8. The van der Waals surface area contributed by atoms with E-state index in [2.05, 4.69) is 0 Å². The van der Waals surface area contributed by atoms with Gasteiger partial charge in [-0.05, 0) is 50.7 Å². The van der Waals surface area contributed by atoms with E-state index in [1.165, 1.54) is 17.7 Å². The van der Waals surface area contributed by atoms with E-state index in [-0.39, 0.29) is 24.2 Å². The summed E-state index contributed by atoms with van der Waals surface area (Å²) in [5.74, 6) is 0.939. The van der Waals surface area contributed by atoms with Crippen LogP contribution >= 0.6 is 11.3 Å². The average molecular weight is 321 g/mol. The number of rotatable bonds is 4. The van der Waals surface area contributed by atoms with Gasteiger partial charge in [0.15, 0.2) is 0 Å². The van der Waals surface area contributed by atoms with Crippen molar-refractivity contribution in [2.75, 3.05) is 19.8 Å². The molecule has 1 aromatic rings. The first-order chi connectivity index (χ1) is 10.7. The molecule has 0 radical (unpaired) electrons. The summed E-state index contributed by atoms with van der Waals surface area (Å²) in [7, 11) is 0. The number of ether oxygens (including phenoxy) is 2. The lowest BCUT2D eigenvalue weighted by molar-refractivity contribution is -0.106. The molecule has 5 heteroatoms. The lowest BCUT2D eigenvalue weighted by atomic mass is 10.1. The molecule has 0 spiro atoms. The van der Waals surface area contributed by atoms with Crippen molar-refractivity contribution in [2.45, 2.75) is 50.9 Å². The number of carbonyl (C=O) groups is 1. The number of hydrogen-bond donors (Lipinski definition) is 0. The Kier molecular flexibility index (Phi) is 3.96. The molecule has 0 aromatic carbocycles. The molecule has 120 valence electrons. The summed E-state index contributed by atoms with van der Waals surface area (Å²) in [5.41, 5.74) is 0. The van der Waals surface area contributed by atoms with E-state index in [4.69, 9.17) is 9.47 Å². The Labute approximate surface area is 135 Å². The third-order valence-electron chi connectivity index (χ3n) is 4.99. The van der Waals surface area contributed by atoms with Crippen molar-refractivity contribution in [2.24, 2.45) is 5.92 Å². The fourth-order valence-electron chi connectivity index (χ4n) is 3.58. The van der Waals surface area contributed by atoms with Gasteiger partial charge in [0.1, 0.15) is 6.10 Å². The Hall–Kier alpha value is -0.910. The summed E-state index contributed by atoms with van der Waals surface area (Å²) in [6.07, 6.45) is 4.86. The van der Waals surface area contributed by atoms with Gasteiger partial charge in [0, 0.05) is 18.0 Å². The van der Waals surface area contributed by atoms with E-state index in [0.717, 1.165) is 30.2 Å². The van der Waals surface area contributed by atoms with Crippen LogP contribution in [0.4, 0.5) is 0 Å². The van der Waals surface area contributed by atoms with Gasteiger partial charge in [0.25, 0.3) is 5.91 Å². The zero-order valence-electron chi connectivity index (χ0n) is 13.0. The summed E-state index contributed by atoms with van der Waals surface area (Å²) in [4.78, 5) is 16.8. The number of fused-ring (bicyclic) bond motifs is 1. The summed E-state index contributed by atoms with van der Waals surface area (Å²) >= 11 is 1.58. The van der Waals surface area contributed by atoms with Gasteiger partial charge in [-0.1, -0.05) is 0 Å². The molecular formula is C17H23NO3S. The van der Waals surface area contributed by atoms with Gasteiger partial charge >= 0.3 is 0 Å². The number of carbonyl (C=O) groups excluding carboxylic acids is 1. The number of nitrogens with zero attached hydrogens (tertiary/aromatic N) is 1. The van der Waals surface area contributed by atoms with E-state index in [1.54, 1.807) is 11.3 Å². The second-order valence-electron chi connectivity index (χ2n) is 6.70. The maximum atomic E-state index is 12.8. The van der Waals surface area contributed by atoms with Crippen LogP contribution in [0, 0.1) is 12.8 Å². The fraction of sp³-hybridized carbons (Fsp3) is 0.706. The van der Waals surface area contributed by atoms with Gasteiger partial charge in [0.2, 0.25) is 0 Å². The molecule has 3 fully saturated rings. The first-order valence-corrected chi connectivity index (χ1v) is 9.14. The van der Waals surface area contributed by atoms with Crippen LogP contribution in [0.15, 0.2) is 12.1 Å². The molecule has 1 aromatic heterocycles. The van der Waals surface area contributed by atoms with Crippen LogP contribution in [-0.4, -0.2) is 48.8 Å². The highest BCUT2D eigenvalue weighted by Gasteiger charge is 2.45. The van der Waals surface area contributed by atoms with Crippen molar-refractivity contribution in [3.05, 3.63) is 21.9 Å². The van der Waals surface area contributed by atoms with Crippen LogP contribution in [0.5, 0.6) is 0 Å². The smallest absolute Gasteiger partial charge is 0.264 e. The van der Waals surface area contributed by atoms with Gasteiger partial charge in [-0.2, -0.15) is 0 Å². The average Bonchev–Trinajstić information content (AvgIpc) is 3.11. The van der Waals surface area contributed by atoms with Gasteiger partial charge in [0.05, 0.1) is 23.6 Å². The van der Waals surface area contributed by atoms with Gasteiger partial charge in [-0.25, -0.2) is 0 Å². The molecule has 0 unspecified atom stereocenters.